The van der Waals surface area contributed by atoms with Crippen molar-refractivity contribution in [2.75, 3.05) is 4.90 Å². The molecule has 0 aromatic heterocycles. The second kappa shape index (κ2) is 7.73. The highest BCUT2D eigenvalue weighted by molar-refractivity contribution is 9.11. The van der Waals surface area contributed by atoms with Gasteiger partial charge in [0.2, 0.25) is 0 Å². The molecule has 0 spiro atoms. The number of anilines is 2. The molecule has 0 atom stereocenters. The van der Waals surface area contributed by atoms with Crippen molar-refractivity contribution in [3.63, 3.8) is 0 Å². The van der Waals surface area contributed by atoms with Crippen LogP contribution in [0.4, 0.5) is 11.4 Å². The van der Waals surface area contributed by atoms with E-state index in [2.05, 4.69) is 31.9 Å². The molecule has 0 saturated carbocycles. The molecule has 1 aliphatic heterocycles. The van der Waals surface area contributed by atoms with Gasteiger partial charge in [-0.25, -0.2) is 0 Å². The zero-order valence-electron chi connectivity index (χ0n) is 14.6. The highest BCUT2D eigenvalue weighted by Gasteiger charge is 2.31. The van der Waals surface area contributed by atoms with Gasteiger partial charge in [0.25, 0.3) is 5.91 Å². The molecule has 0 aliphatic carbocycles. The van der Waals surface area contributed by atoms with Crippen molar-refractivity contribution in [2.45, 2.75) is 16.7 Å². The van der Waals surface area contributed by atoms with E-state index >= 15 is 0 Å². The number of halogens is 2. The van der Waals surface area contributed by atoms with Crippen LogP contribution < -0.4 is 9.64 Å². The molecular formula is C21H13Br2NO3S. The molecule has 0 N–H and O–H groups in total. The first-order valence-corrected chi connectivity index (χ1v) is 10.7. The Kier molecular flexibility index (Phi) is 5.31. The largest absolute Gasteiger partial charge is 0.425 e. The Labute approximate surface area is 183 Å². The molecule has 1 aliphatic rings. The summed E-state index contributed by atoms with van der Waals surface area (Å²) in [5, 5.41) is 0. The zero-order valence-corrected chi connectivity index (χ0v) is 18.6. The van der Waals surface area contributed by atoms with E-state index in [1.165, 1.54) is 6.92 Å². The third-order valence-corrected chi connectivity index (χ3v) is 6.30. The fourth-order valence-electron chi connectivity index (χ4n) is 3.01. The molecule has 140 valence electrons. The van der Waals surface area contributed by atoms with E-state index in [0.29, 0.717) is 8.95 Å². The van der Waals surface area contributed by atoms with Gasteiger partial charge in [-0.15, -0.1) is 0 Å². The molecule has 4 rings (SSSR count). The lowest BCUT2D eigenvalue weighted by atomic mass is 10.1. The summed E-state index contributed by atoms with van der Waals surface area (Å²) in [6, 6.07) is 18.9. The van der Waals surface area contributed by atoms with Gasteiger partial charge in [-0.05, 0) is 52.3 Å². The van der Waals surface area contributed by atoms with E-state index in [1.807, 2.05) is 48.5 Å². The summed E-state index contributed by atoms with van der Waals surface area (Å²) in [4.78, 5) is 29.0. The van der Waals surface area contributed by atoms with Crippen molar-refractivity contribution >= 4 is 66.9 Å². The van der Waals surface area contributed by atoms with Gasteiger partial charge in [0.1, 0.15) is 0 Å². The molecule has 0 saturated heterocycles. The minimum atomic E-state index is -0.493. The molecule has 7 heteroatoms. The molecule has 28 heavy (non-hydrogen) atoms. The number of rotatable bonds is 2. The third kappa shape index (κ3) is 3.50. The predicted molar refractivity (Wildman–Crippen MR) is 117 cm³/mol. The number of carbonyl (C=O) groups excluding carboxylic acids is 2. The molecule has 0 fully saturated rings. The number of amides is 1. The molecule has 3 aromatic rings. The SMILES string of the molecule is CC(=O)Oc1c(Br)cc(Br)cc1C(=O)N1c2ccccc2Sc2ccccc21. The van der Waals surface area contributed by atoms with Crippen LogP contribution in [-0.2, 0) is 4.79 Å². The van der Waals surface area contributed by atoms with Crippen LogP contribution in [0.15, 0.2) is 79.4 Å². The van der Waals surface area contributed by atoms with Gasteiger partial charge in [0.05, 0.1) is 21.4 Å². The Morgan fingerprint density at radius 2 is 1.50 bits per heavy atom. The van der Waals surface area contributed by atoms with Crippen LogP contribution in [0, 0.1) is 0 Å². The Balaban J connectivity index is 1.91. The van der Waals surface area contributed by atoms with E-state index in [-0.39, 0.29) is 17.2 Å². The summed E-state index contributed by atoms with van der Waals surface area (Å²) < 4.78 is 6.58. The summed E-state index contributed by atoms with van der Waals surface area (Å²) in [6.07, 6.45) is 0. The Morgan fingerprint density at radius 3 is 2.07 bits per heavy atom. The monoisotopic (exact) mass is 517 g/mol. The van der Waals surface area contributed by atoms with Crippen LogP contribution in [-0.4, -0.2) is 11.9 Å². The lowest BCUT2D eigenvalue weighted by Gasteiger charge is -2.31. The predicted octanol–water partition coefficient (Wildman–Crippen LogP) is 6.58. The molecule has 4 nitrogen and oxygen atoms in total. The highest BCUT2D eigenvalue weighted by Crippen LogP contribution is 2.49. The van der Waals surface area contributed by atoms with Crippen molar-refractivity contribution in [3.8, 4) is 5.75 Å². The van der Waals surface area contributed by atoms with Crippen LogP contribution in [0.3, 0.4) is 0 Å². The number of fused-ring (bicyclic) bond motifs is 2. The summed E-state index contributed by atoms with van der Waals surface area (Å²) in [7, 11) is 0. The van der Waals surface area contributed by atoms with Crippen LogP contribution in [0.25, 0.3) is 0 Å². The maximum atomic E-state index is 13.7. The van der Waals surface area contributed by atoms with E-state index < -0.39 is 5.97 Å². The summed E-state index contributed by atoms with van der Waals surface area (Å²) in [5.74, 6) is -0.570. The fraction of sp³-hybridized carbons (Fsp3) is 0.0476. The van der Waals surface area contributed by atoms with Gasteiger partial charge in [-0.1, -0.05) is 52.0 Å². The number of hydrogen-bond acceptors (Lipinski definition) is 4. The molecule has 0 radical (unpaired) electrons. The van der Waals surface area contributed by atoms with Crippen LogP contribution in [0.1, 0.15) is 17.3 Å². The first-order valence-electron chi connectivity index (χ1n) is 8.33. The summed E-state index contributed by atoms with van der Waals surface area (Å²) >= 11 is 8.45. The molecule has 1 amide bonds. The van der Waals surface area contributed by atoms with Crippen molar-refractivity contribution in [1.82, 2.24) is 0 Å². The quantitative estimate of drug-likeness (QED) is 0.284. The summed E-state index contributed by atoms with van der Waals surface area (Å²) in [5.41, 5.74) is 1.87. The molecule has 3 aromatic carbocycles. The Bertz CT molecular complexity index is 1070. The molecule has 0 bridgehead atoms. The van der Waals surface area contributed by atoms with E-state index in [1.54, 1.807) is 28.8 Å². The van der Waals surface area contributed by atoms with Crippen LogP contribution >= 0.6 is 43.6 Å². The maximum Gasteiger partial charge on any atom is 0.308 e. The van der Waals surface area contributed by atoms with Gasteiger partial charge in [-0.3, -0.25) is 14.5 Å². The first-order chi connectivity index (χ1) is 13.5. The van der Waals surface area contributed by atoms with Crippen molar-refractivity contribution in [1.29, 1.82) is 0 Å². The highest BCUT2D eigenvalue weighted by atomic mass is 79.9. The number of esters is 1. The third-order valence-electron chi connectivity index (χ3n) is 4.12. The number of ether oxygens (including phenoxy) is 1. The molecule has 1 heterocycles. The number of hydrogen-bond donors (Lipinski definition) is 0. The second-order valence-corrected chi connectivity index (χ2v) is 8.89. The second-order valence-electron chi connectivity index (χ2n) is 6.04. The minimum Gasteiger partial charge on any atom is -0.425 e. The Morgan fingerprint density at radius 1 is 0.929 bits per heavy atom. The van der Waals surface area contributed by atoms with E-state index in [4.69, 9.17) is 4.74 Å². The van der Waals surface area contributed by atoms with Gasteiger partial charge in [-0.2, -0.15) is 0 Å². The van der Waals surface area contributed by atoms with Gasteiger partial charge in [0, 0.05) is 21.2 Å². The lowest BCUT2D eigenvalue weighted by molar-refractivity contribution is -0.131. The van der Waals surface area contributed by atoms with Crippen molar-refractivity contribution < 1.29 is 14.3 Å². The number of benzene rings is 3. The van der Waals surface area contributed by atoms with Gasteiger partial charge < -0.3 is 4.74 Å². The lowest BCUT2D eigenvalue weighted by Crippen LogP contribution is -2.29. The first kappa shape index (κ1) is 19.2. The standard InChI is InChI=1S/C21H13Br2NO3S/c1-12(25)27-20-14(10-13(22)11-15(20)23)21(26)24-16-6-2-4-8-18(16)28-19-9-5-3-7-17(19)24/h2-11H,1H3. The number of para-hydroxylation sites is 2. The van der Waals surface area contributed by atoms with E-state index in [0.717, 1.165) is 21.2 Å². The number of nitrogens with zero attached hydrogens (tertiary/aromatic N) is 1. The normalized spacial score (nSPS) is 12.2. The van der Waals surface area contributed by atoms with Crippen molar-refractivity contribution in [2.24, 2.45) is 0 Å². The maximum absolute atomic E-state index is 13.7. The van der Waals surface area contributed by atoms with Crippen LogP contribution in [0.5, 0.6) is 5.75 Å². The topological polar surface area (TPSA) is 46.6 Å². The van der Waals surface area contributed by atoms with E-state index in [9.17, 15) is 9.59 Å². The van der Waals surface area contributed by atoms with Gasteiger partial charge in [0.15, 0.2) is 5.75 Å². The molecular weight excluding hydrogens is 506 g/mol. The Hall–Kier alpha value is -2.09. The smallest absolute Gasteiger partial charge is 0.308 e. The zero-order chi connectivity index (χ0) is 19.8. The average molecular weight is 519 g/mol. The van der Waals surface area contributed by atoms with Crippen LogP contribution in [0.2, 0.25) is 0 Å². The number of carbonyl (C=O) groups is 2. The average Bonchev–Trinajstić information content (AvgIpc) is 2.67. The fourth-order valence-corrected chi connectivity index (χ4v) is 5.37. The van der Waals surface area contributed by atoms with Crippen molar-refractivity contribution in [3.05, 3.63) is 75.2 Å². The minimum absolute atomic E-state index is 0.203. The molecule has 0 unspecified atom stereocenters. The van der Waals surface area contributed by atoms with Gasteiger partial charge >= 0.3 is 5.97 Å². The summed E-state index contributed by atoms with van der Waals surface area (Å²) in [6.45, 7) is 1.31.